The van der Waals surface area contributed by atoms with Gasteiger partial charge < -0.3 is 9.64 Å². The van der Waals surface area contributed by atoms with Crippen molar-refractivity contribution in [3.63, 3.8) is 0 Å². The summed E-state index contributed by atoms with van der Waals surface area (Å²) < 4.78 is 4.92. The Bertz CT molecular complexity index is 630. The summed E-state index contributed by atoms with van der Waals surface area (Å²) in [6.07, 6.45) is 2.37. The number of nitro benzene ring substituents is 1. The Balaban J connectivity index is 2.67. The van der Waals surface area contributed by atoms with Crippen LogP contribution in [-0.4, -0.2) is 40.4 Å². The summed E-state index contributed by atoms with van der Waals surface area (Å²) in [5.41, 5.74) is 0.181. The van der Waals surface area contributed by atoms with E-state index in [1.807, 2.05) is 27.7 Å². The van der Waals surface area contributed by atoms with Gasteiger partial charge in [-0.25, -0.2) is 4.79 Å². The van der Waals surface area contributed by atoms with Crippen LogP contribution in [0.3, 0.4) is 0 Å². The van der Waals surface area contributed by atoms with Crippen molar-refractivity contribution in [3.05, 3.63) is 46.0 Å². The SMILES string of the molecule is CC(C)N(C(=O)COC(=O)C=Cc1ccccc1[N+](=O)[O-])C(C)C. The molecule has 0 heterocycles. The quantitative estimate of drug-likeness (QED) is 0.331. The third-order valence-corrected chi connectivity index (χ3v) is 3.27. The van der Waals surface area contributed by atoms with Gasteiger partial charge in [0.05, 0.1) is 10.5 Å². The molecule has 7 heteroatoms. The predicted molar refractivity (Wildman–Crippen MR) is 90.2 cm³/mol. The van der Waals surface area contributed by atoms with Crippen LogP contribution >= 0.6 is 0 Å². The standard InChI is InChI=1S/C17H22N2O5/c1-12(2)18(13(3)4)16(20)11-24-17(21)10-9-14-7-5-6-8-15(14)19(22)23/h5-10,12-13H,11H2,1-4H3. The highest BCUT2D eigenvalue weighted by Crippen LogP contribution is 2.18. The number of esters is 1. The van der Waals surface area contributed by atoms with Crippen molar-refractivity contribution >= 4 is 23.6 Å². The van der Waals surface area contributed by atoms with E-state index in [4.69, 9.17) is 4.74 Å². The van der Waals surface area contributed by atoms with Gasteiger partial charge >= 0.3 is 5.97 Å². The number of hydrogen-bond donors (Lipinski definition) is 0. The molecule has 0 bridgehead atoms. The smallest absolute Gasteiger partial charge is 0.331 e. The summed E-state index contributed by atoms with van der Waals surface area (Å²) in [6.45, 7) is 7.17. The van der Waals surface area contributed by atoms with Crippen molar-refractivity contribution in [1.29, 1.82) is 0 Å². The normalized spacial score (nSPS) is 11.1. The van der Waals surface area contributed by atoms with E-state index >= 15 is 0 Å². The van der Waals surface area contributed by atoms with Crippen LogP contribution in [0.5, 0.6) is 0 Å². The van der Waals surface area contributed by atoms with Crippen molar-refractivity contribution in [2.24, 2.45) is 0 Å². The number of ether oxygens (including phenoxy) is 1. The highest BCUT2D eigenvalue weighted by atomic mass is 16.6. The molecule has 0 saturated heterocycles. The minimum absolute atomic E-state index is 0.00119. The van der Waals surface area contributed by atoms with Gasteiger partial charge in [-0.15, -0.1) is 0 Å². The highest BCUT2D eigenvalue weighted by molar-refractivity contribution is 5.90. The van der Waals surface area contributed by atoms with Crippen LogP contribution in [0.1, 0.15) is 33.3 Å². The van der Waals surface area contributed by atoms with Crippen LogP contribution in [0.15, 0.2) is 30.3 Å². The Kier molecular flexibility index (Phi) is 7.10. The fourth-order valence-electron chi connectivity index (χ4n) is 2.38. The number of rotatable bonds is 7. The molecule has 1 amide bonds. The first kappa shape index (κ1) is 19.3. The lowest BCUT2D eigenvalue weighted by molar-refractivity contribution is -0.385. The van der Waals surface area contributed by atoms with Crippen LogP contribution in [0.25, 0.3) is 6.08 Å². The number of benzene rings is 1. The summed E-state index contributed by atoms with van der Waals surface area (Å²) in [5, 5.41) is 10.9. The van der Waals surface area contributed by atoms with Crippen molar-refractivity contribution < 1.29 is 19.2 Å². The number of amides is 1. The molecule has 7 nitrogen and oxygen atoms in total. The maximum absolute atomic E-state index is 12.1. The number of carbonyl (C=O) groups excluding carboxylic acids is 2. The molecule has 0 saturated carbocycles. The number of para-hydroxylation sites is 1. The number of nitrogens with zero attached hydrogens (tertiary/aromatic N) is 2. The topological polar surface area (TPSA) is 89.8 Å². The largest absolute Gasteiger partial charge is 0.452 e. The lowest BCUT2D eigenvalue weighted by atomic mass is 10.1. The van der Waals surface area contributed by atoms with Gasteiger partial charge in [0, 0.05) is 24.2 Å². The molecule has 0 aliphatic carbocycles. The van der Waals surface area contributed by atoms with Gasteiger partial charge in [-0.2, -0.15) is 0 Å². The zero-order valence-corrected chi connectivity index (χ0v) is 14.3. The Morgan fingerprint density at radius 3 is 2.33 bits per heavy atom. The molecule has 0 aliphatic rings. The molecule has 0 unspecified atom stereocenters. The van der Waals surface area contributed by atoms with Crippen molar-refractivity contribution in [1.82, 2.24) is 4.90 Å². The summed E-state index contributed by atoms with van der Waals surface area (Å²) in [5.74, 6) is -1.01. The first-order valence-corrected chi connectivity index (χ1v) is 7.63. The average molecular weight is 334 g/mol. The predicted octanol–water partition coefficient (Wildman–Crippen LogP) is 2.80. The van der Waals surface area contributed by atoms with Crippen molar-refractivity contribution in [2.45, 2.75) is 39.8 Å². The first-order chi connectivity index (χ1) is 11.2. The summed E-state index contributed by atoms with van der Waals surface area (Å²) in [6, 6.07) is 6.03. The summed E-state index contributed by atoms with van der Waals surface area (Å²) >= 11 is 0. The van der Waals surface area contributed by atoms with Crippen molar-refractivity contribution in [3.8, 4) is 0 Å². The van der Waals surface area contributed by atoms with Crippen LogP contribution in [0.2, 0.25) is 0 Å². The van der Waals surface area contributed by atoms with Crippen LogP contribution < -0.4 is 0 Å². The molecule has 0 spiro atoms. The summed E-state index contributed by atoms with van der Waals surface area (Å²) in [7, 11) is 0. The number of carbonyl (C=O) groups is 2. The van der Waals surface area contributed by atoms with Gasteiger partial charge in [0.1, 0.15) is 0 Å². The van der Waals surface area contributed by atoms with E-state index in [1.54, 1.807) is 17.0 Å². The Morgan fingerprint density at radius 1 is 1.21 bits per heavy atom. The molecule has 1 rings (SSSR count). The van der Waals surface area contributed by atoms with E-state index in [2.05, 4.69) is 0 Å². The van der Waals surface area contributed by atoms with Gasteiger partial charge in [-0.3, -0.25) is 14.9 Å². The van der Waals surface area contributed by atoms with Crippen LogP contribution in [0, 0.1) is 10.1 Å². The lowest BCUT2D eigenvalue weighted by Gasteiger charge is -2.30. The third kappa shape index (κ3) is 5.49. The van der Waals surface area contributed by atoms with Crippen molar-refractivity contribution in [2.75, 3.05) is 6.61 Å². The Hall–Kier alpha value is -2.70. The second-order valence-electron chi connectivity index (χ2n) is 5.75. The molecule has 0 radical (unpaired) electrons. The zero-order chi connectivity index (χ0) is 18.3. The second-order valence-corrected chi connectivity index (χ2v) is 5.75. The van der Waals surface area contributed by atoms with E-state index < -0.39 is 10.9 Å². The zero-order valence-electron chi connectivity index (χ0n) is 14.3. The molecule has 1 aromatic carbocycles. The molecular weight excluding hydrogens is 312 g/mol. The number of hydrogen-bond acceptors (Lipinski definition) is 5. The molecule has 0 N–H and O–H groups in total. The maximum Gasteiger partial charge on any atom is 0.331 e. The molecule has 130 valence electrons. The van der Waals surface area contributed by atoms with E-state index in [0.29, 0.717) is 0 Å². The molecule has 24 heavy (non-hydrogen) atoms. The minimum atomic E-state index is -0.728. The van der Waals surface area contributed by atoms with Crippen LogP contribution in [-0.2, 0) is 14.3 Å². The highest BCUT2D eigenvalue weighted by Gasteiger charge is 2.20. The molecule has 0 aliphatic heterocycles. The summed E-state index contributed by atoms with van der Waals surface area (Å²) in [4.78, 5) is 35.8. The first-order valence-electron chi connectivity index (χ1n) is 7.63. The minimum Gasteiger partial charge on any atom is -0.452 e. The van der Waals surface area contributed by atoms with E-state index in [9.17, 15) is 19.7 Å². The fraction of sp³-hybridized carbons (Fsp3) is 0.412. The Morgan fingerprint density at radius 2 is 1.79 bits per heavy atom. The second kappa shape index (κ2) is 8.81. The van der Waals surface area contributed by atoms with Gasteiger partial charge in [0.15, 0.2) is 6.61 Å². The van der Waals surface area contributed by atoms with Crippen LogP contribution in [0.4, 0.5) is 5.69 Å². The monoisotopic (exact) mass is 334 g/mol. The molecule has 0 aromatic heterocycles. The number of nitro groups is 1. The lowest BCUT2D eigenvalue weighted by Crippen LogP contribution is -2.44. The van der Waals surface area contributed by atoms with E-state index in [1.165, 1.54) is 18.2 Å². The average Bonchev–Trinajstić information content (AvgIpc) is 2.50. The molecule has 0 fully saturated rings. The van der Waals surface area contributed by atoms with E-state index in [0.717, 1.165) is 6.08 Å². The maximum atomic E-state index is 12.1. The van der Waals surface area contributed by atoms with Gasteiger partial charge in [0.2, 0.25) is 0 Å². The molecular formula is C17H22N2O5. The van der Waals surface area contributed by atoms with Gasteiger partial charge in [0.25, 0.3) is 11.6 Å². The molecule has 1 aromatic rings. The Labute approximate surface area is 141 Å². The fourth-order valence-corrected chi connectivity index (χ4v) is 2.38. The van der Waals surface area contributed by atoms with Gasteiger partial charge in [-0.1, -0.05) is 12.1 Å². The third-order valence-electron chi connectivity index (χ3n) is 3.27. The molecule has 0 atom stereocenters. The van der Waals surface area contributed by atoms with Gasteiger partial charge in [-0.05, 0) is 39.8 Å². The van der Waals surface area contributed by atoms with E-state index in [-0.39, 0.29) is 35.8 Å².